The minimum atomic E-state index is 0.736. The molecule has 4 heterocycles. The molecule has 110 valence electrons. The molecule has 5 aromatic rings. The Morgan fingerprint density at radius 1 is 0.957 bits per heavy atom. The second-order valence-electron chi connectivity index (χ2n) is 5.55. The second-order valence-corrected chi connectivity index (χ2v) is 5.55. The molecule has 5 rings (SSSR count). The molecule has 0 unspecified atom stereocenters. The highest BCUT2D eigenvalue weighted by atomic mass is 15.0. The molecule has 3 N–H and O–H groups in total. The SMILES string of the molecule is Nc1cccc2c1[nH]c1nc(-c3ccc4ncccn34)ccc12. The first-order chi connectivity index (χ1) is 11.3. The molecule has 4 aromatic heterocycles. The molecule has 1 aromatic carbocycles. The summed E-state index contributed by atoms with van der Waals surface area (Å²) in [5.74, 6) is 0. The Hall–Kier alpha value is -3.34. The van der Waals surface area contributed by atoms with Crippen LogP contribution in [0.15, 0.2) is 60.9 Å². The van der Waals surface area contributed by atoms with Gasteiger partial charge in [0.15, 0.2) is 0 Å². The molecule has 0 saturated carbocycles. The Balaban J connectivity index is 1.80. The number of anilines is 1. The fourth-order valence-corrected chi connectivity index (χ4v) is 3.12. The second kappa shape index (κ2) is 4.33. The standard InChI is InChI=1S/C18H13N5/c19-13-4-1-3-11-12-5-6-14(21-18(12)22-17(11)13)15-7-8-16-20-9-2-10-23(15)16/h1-10H,19H2,(H,21,22). The summed E-state index contributed by atoms with van der Waals surface area (Å²) >= 11 is 0. The first-order valence-corrected chi connectivity index (χ1v) is 7.41. The van der Waals surface area contributed by atoms with Crippen LogP contribution in [0.3, 0.4) is 0 Å². The highest BCUT2D eigenvalue weighted by Crippen LogP contribution is 2.30. The van der Waals surface area contributed by atoms with Crippen molar-refractivity contribution >= 4 is 33.3 Å². The van der Waals surface area contributed by atoms with Crippen molar-refractivity contribution in [2.75, 3.05) is 5.73 Å². The first kappa shape index (κ1) is 12.2. The number of hydrogen-bond acceptors (Lipinski definition) is 3. The van der Waals surface area contributed by atoms with Gasteiger partial charge in [-0.1, -0.05) is 12.1 Å². The number of hydrogen-bond donors (Lipinski definition) is 2. The monoisotopic (exact) mass is 299 g/mol. The third-order valence-corrected chi connectivity index (χ3v) is 4.21. The van der Waals surface area contributed by atoms with E-state index in [4.69, 9.17) is 10.7 Å². The van der Waals surface area contributed by atoms with Crippen molar-refractivity contribution in [3.05, 3.63) is 60.9 Å². The molecule has 5 nitrogen and oxygen atoms in total. The lowest BCUT2D eigenvalue weighted by Crippen LogP contribution is -1.91. The van der Waals surface area contributed by atoms with Gasteiger partial charge in [0.25, 0.3) is 0 Å². The van der Waals surface area contributed by atoms with Crippen LogP contribution in [0.4, 0.5) is 5.69 Å². The van der Waals surface area contributed by atoms with Crippen LogP contribution in [0.1, 0.15) is 0 Å². The summed E-state index contributed by atoms with van der Waals surface area (Å²) in [6.45, 7) is 0. The Bertz CT molecular complexity index is 1180. The maximum absolute atomic E-state index is 6.06. The summed E-state index contributed by atoms with van der Waals surface area (Å²) in [4.78, 5) is 12.5. The maximum atomic E-state index is 6.06. The first-order valence-electron chi connectivity index (χ1n) is 7.41. The van der Waals surface area contributed by atoms with Crippen molar-refractivity contribution in [2.24, 2.45) is 0 Å². The molecule has 0 fully saturated rings. The van der Waals surface area contributed by atoms with E-state index in [9.17, 15) is 0 Å². The molecule has 0 amide bonds. The number of pyridine rings is 1. The normalized spacial score (nSPS) is 11.7. The van der Waals surface area contributed by atoms with Crippen LogP contribution in [0.2, 0.25) is 0 Å². The van der Waals surface area contributed by atoms with Gasteiger partial charge in [0.1, 0.15) is 11.3 Å². The van der Waals surface area contributed by atoms with E-state index < -0.39 is 0 Å². The van der Waals surface area contributed by atoms with Gasteiger partial charge in [-0.2, -0.15) is 0 Å². The fraction of sp³-hybridized carbons (Fsp3) is 0. The van der Waals surface area contributed by atoms with Gasteiger partial charge in [-0.15, -0.1) is 0 Å². The van der Waals surface area contributed by atoms with E-state index in [1.54, 1.807) is 6.20 Å². The maximum Gasteiger partial charge on any atom is 0.139 e. The van der Waals surface area contributed by atoms with E-state index in [0.29, 0.717) is 0 Å². The van der Waals surface area contributed by atoms with Crippen LogP contribution in [0.5, 0.6) is 0 Å². The Kier molecular flexibility index (Phi) is 2.30. The van der Waals surface area contributed by atoms with E-state index in [1.807, 2.05) is 47.0 Å². The molecular formula is C18H13N5. The molecule has 0 atom stereocenters. The molecular weight excluding hydrogens is 286 g/mol. The summed E-state index contributed by atoms with van der Waals surface area (Å²) in [6, 6.07) is 16.0. The van der Waals surface area contributed by atoms with E-state index in [-0.39, 0.29) is 0 Å². The van der Waals surface area contributed by atoms with Gasteiger partial charge in [0, 0.05) is 23.2 Å². The summed E-state index contributed by atoms with van der Waals surface area (Å²) in [6.07, 6.45) is 3.78. The topological polar surface area (TPSA) is 72.0 Å². The van der Waals surface area contributed by atoms with Gasteiger partial charge < -0.3 is 10.7 Å². The molecule has 5 heteroatoms. The number of para-hydroxylation sites is 1. The highest BCUT2D eigenvalue weighted by molar-refractivity contribution is 6.09. The van der Waals surface area contributed by atoms with E-state index in [1.165, 1.54) is 0 Å². The van der Waals surface area contributed by atoms with E-state index in [0.717, 1.165) is 44.7 Å². The van der Waals surface area contributed by atoms with Gasteiger partial charge in [0.05, 0.1) is 22.6 Å². The third-order valence-electron chi connectivity index (χ3n) is 4.21. The van der Waals surface area contributed by atoms with Crippen molar-refractivity contribution in [2.45, 2.75) is 0 Å². The van der Waals surface area contributed by atoms with Gasteiger partial charge >= 0.3 is 0 Å². The van der Waals surface area contributed by atoms with Crippen molar-refractivity contribution in [1.29, 1.82) is 0 Å². The zero-order valence-corrected chi connectivity index (χ0v) is 12.2. The molecule has 0 aliphatic rings. The highest BCUT2D eigenvalue weighted by Gasteiger charge is 2.11. The number of rotatable bonds is 1. The molecule has 0 radical (unpaired) electrons. The number of nitrogens with two attached hydrogens (primary N) is 1. The summed E-state index contributed by atoms with van der Waals surface area (Å²) in [5, 5.41) is 2.18. The predicted molar refractivity (Wildman–Crippen MR) is 92.2 cm³/mol. The molecule has 23 heavy (non-hydrogen) atoms. The predicted octanol–water partition coefficient (Wildman–Crippen LogP) is 3.61. The average molecular weight is 299 g/mol. The van der Waals surface area contributed by atoms with Crippen LogP contribution in [-0.2, 0) is 0 Å². The van der Waals surface area contributed by atoms with E-state index in [2.05, 4.69) is 22.1 Å². The minimum Gasteiger partial charge on any atom is -0.397 e. The number of fused-ring (bicyclic) bond motifs is 4. The number of aromatic amines is 1. The minimum absolute atomic E-state index is 0.736. The quantitative estimate of drug-likeness (QED) is 0.464. The van der Waals surface area contributed by atoms with Crippen LogP contribution in [0, 0.1) is 0 Å². The number of H-pyrrole nitrogens is 1. The molecule has 0 aliphatic carbocycles. The largest absolute Gasteiger partial charge is 0.397 e. The van der Waals surface area contributed by atoms with Crippen LogP contribution >= 0.6 is 0 Å². The Morgan fingerprint density at radius 3 is 2.87 bits per heavy atom. The number of nitrogens with zero attached hydrogens (tertiary/aromatic N) is 3. The van der Waals surface area contributed by atoms with Gasteiger partial charge in [0.2, 0.25) is 0 Å². The number of benzene rings is 1. The van der Waals surface area contributed by atoms with Crippen molar-refractivity contribution < 1.29 is 0 Å². The van der Waals surface area contributed by atoms with Crippen LogP contribution < -0.4 is 5.73 Å². The average Bonchev–Trinajstić information content (AvgIpc) is 3.16. The van der Waals surface area contributed by atoms with Gasteiger partial charge in [-0.3, -0.25) is 4.40 Å². The number of nitrogen functional groups attached to an aromatic ring is 1. The van der Waals surface area contributed by atoms with Crippen molar-refractivity contribution in [3.8, 4) is 11.4 Å². The summed E-state index contributed by atoms with van der Waals surface area (Å²) in [7, 11) is 0. The van der Waals surface area contributed by atoms with Crippen LogP contribution in [0.25, 0.3) is 39.0 Å². The van der Waals surface area contributed by atoms with E-state index >= 15 is 0 Å². The Labute approximate surface area is 131 Å². The lowest BCUT2D eigenvalue weighted by Gasteiger charge is -2.02. The Morgan fingerprint density at radius 2 is 1.91 bits per heavy atom. The molecule has 0 spiro atoms. The molecule has 0 aliphatic heterocycles. The smallest absolute Gasteiger partial charge is 0.139 e. The summed E-state index contributed by atoms with van der Waals surface area (Å²) < 4.78 is 2.03. The summed E-state index contributed by atoms with van der Waals surface area (Å²) in [5.41, 5.74) is 11.4. The molecule has 0 bridgehead atoms. The van der Waals surface area contributed by atoms with Crippen molar-refractivity contribution in [1.82, 2.24) is 19.4 Å². The zero-order chi connectivity index (χ0) is 15.4. The van der Waals surface area contributed by atoms with Gasteiger partial charge in [-0.25, -0.2) is 9.97 Å². The molecule has 0 saturated heterocycles. The number of nitrogens with one attached hydrogen (secondary N) is 1. The van der Waals surface area contributed by atoms with Crippen LogP contribution in [-0.4, -0.2) is 19.4 Å². The lowest BCUT2D eigenvalue weighted by atomic mass is 10.1. The van der Waals surface area contributed by atoms with Gasteiger partial charge in [-0.05, 0) is 36.4 Å². The third kappa shape index (κ3) is 1.67. The lowest BCUT2D eigenvalue weighted by molar-refractivity contribution is 1.12. The zero-order valence-electron chi connectivity index (χ0n) is 12.2. The number of aromatic nitrogens is 4. The van der Waals surface area contributed by atoms with Crippen molar-refractivity contribution in [3.63, 3.8) is 0 Å². The fourth-order valence-electron chi connectivity index (χ4n) is 3.12.